The number of anilines is 2. The Morgan fingerprint density at radius 1 is 1.09 bits per heavy atom. The van der Waals surface area contributed by atoms with Crippen LogP contribution in [0.5, 0.6) is 6.01 Å². The fourth-order valence-corrected chi connectivity index (χ4v) is 5.22. The Balaban J connectivity index is 0.00000289. The summed E-state index contributed by atoms with van der Waals surface area (Å²) >= 11 is 1.15. The summed E-state index contributed by atoms with van der Waals surface area (Å²) in [7, 11) is 1.95. The van der Waals surface area contributed by atoms with Gasteiger partial charge in [-0.05, 0) is 73.9 Å². The summed E-state index contributed by atoms with van der Waals surface area (Å²) in [6.45, 7) is 8.12. The third kappa shape index (κ3) is 5.67. The van der Waals surface area contributed by atoms with Gasteiger partial charge in [-0.25, -0.2) is 4.31 Å². The van der Waals surface area contributed by atoms with E-state index in [1.807, 2.05) is 11.4 Å². The molecule has 0 atom stereocenters. The van der Waals surface area contributed by atoms with Gasteiger partial charge in [-0.15, -0.1) is 13.1 Å². The Morgan fingerprint density at radius 2 is 1.75 bits per heavy atom. The van der Waals surface area contributed by atoms with Gasteiger partial charge in [0, 0.05) is 25.8 Å². The first kappa shape index (κ1) is 25.5. The van der Waals surface area contributed by atoms with Crippen molar-refractivity contribution in [3.05, 3.63) is 28.3 Å². The number of rotatable bonds is 11. The first-order valence-corrected chi connectivity index (χ1v) is 12.5. The van der Waals surface area contributed by atoms with Crippen LogP contribution >= 0.6 is 38.1 Å². The molecular weight excluding hydrogens is 467 g/mol. The van der Waals surface area contributed by atoms with Crippen molar-refractivity contribution in [2.24, 2.45) is 0 Å². The second-order valence-electron chi connectivity index (χ2n) is 8.06. The molecule has 2 aliphatic rings. The highest BCUT2D eigenvalue weighted by molar-refractivity contribution is 7.93. The number of benzene rings is 1. The summed E-state index contributed by atoms with van der Waals surface area (Å²) in [5.41, 5.74) is 6.75. The maximum absolute atomic E-state index is 13.5. The van der Waals surface area contributed by atoms with Gasteiger partial charge in [-0.1, -0.05) is 19.9 Å². The van der Waals surface area contributed by atoms with E-state index in [1.165, 1.54) is 35.1 Å². The van der Waals surface area contributed by atoms with E-state index in [2.05, 4.69) is 40.2 Å². The standard InChI is InChI=1S/C21H31FN6OS2.H2S/c1-4-27(5-2)13-12-26(3)31-29-21-24-20(25-28(21)30-22)23-19-17-10-6-8-15(17)14-16-9-7-11-18(16)19;/h14H,4-13H2,1-3H3,(H,23,25);1H2. The molecule has 1 N–H and O–H groups in total. The van der Waals surface area contributed by atoms with Crippen LogP contribution in [-0.4, -0.2) is 56.6 Å². The Kier molecular flexibility index (Phi) is 9.42. The Labute approximate surface area is 206 Å². The van der Waals surface area contributed by atoms with Gasteiger partial charge in [0.15, 0.2) is 24.6 Å². The Hall–Kier alpha value is -1.14. The van der Waals surface area contributed by atoms with Crippen molar-refractivity contribution < 1.29 is 8.07 Å². The van der Waals surface area contributed by atoms with Gasteiger partial charge < -0.3 is 14.4 Å². The van der Waals surface area contributed by atoms with Crippen LogP contribution in [0.3, 0.4) is 0 Å². The van der Waals surface area contributed by atoms with Gasteiger partial charge in [0.2, 0.25) is 0 Å². The zero-order chi connectivity index (χ0) is 21.8. The first-order valence-electron chi connectivity index (χ1n) is 11.1. The van der Waals surface area contributed by atoms with Crippen LogP contribution in [0, 0.1) is 0 Å². The van der Waals surface area contributed by atoms with Crippen molar-refractivity contribution in [2.75, 3.05) is 38.5 Å². The molecule has 11 heteroatoms. The highest BCUT2D eigenvalue weighted by atomic mass is 32.2. The minimum Gasteiger partial charge on any atom is -0.372 e. The molecule has 178 valence electrons. The molecule has 0 saturated carbocycles. The minimum atomic E-state index is -0.00715. The first-order chi connectivity index (χ1) is 15.1. The molecule has 0 fully saturated rings. The topological polar surface area (TPSA) is 58.5 Å². The van der Waals surface area contributed by atoms with Gasteiger partial charge in [0.05, 0.1) is 0 Å². The monoisotopic (exact) mass is 500 g/mol. The molecule has 0 bridgehead atoms. The second-order valence-corrected chi connectivity index (χ2v) is 9.48. The highest BCUT2D eigenvalue weighted by Crippen LogP contribution is 2.40. The maximum atomic E-state index is 13.5. The maximum Gasteiger partial charge on any atom is 0.343 e. The minimum absolute atomic E-state index is 0. The quantitative estimate of drug-likeness (QED) is 0.352. The zero-order valence-electron chi connectivity index (χ0n) is 19.0. The lowest BCUT2D eigenvalue weighted by Gasteiger charge is -2.21. The van der Waals surface area contributed by atoms with Crippen LogP contribution in [0.4, 0.5) is 15.5 Å². The van der Waals surface area contributed by atoms with E-state index in [1.54, 1.807) is 0 Å². The third-order valence-electron chi connectivity index (χ3n) is 6.19. The average molecular weight is 501 g/mol. The summed E-state index contributed by atoms with van der Waals surface area (Å²) in [5.74, 6) is 0.376. The van der Waals surface area contributed by atoms with E-state index in [-0.39, 0.29) is 31.8 Å². The fourth-order valence-electron chi connectivity index (χ4n) is 4.47. The average Bonchev–Trinajstić information content (AvgIpc) is 3.52. The molecule has 4 rings (SSSR count). The van der Waals surface area contributed by atoms with Crippen LogP contribution < -0.4 is 9.50 Å². The van der Waals surface area contributed by atoms with Crippen LogP contribution in [0.2, 0.25) is 0 Å². The van der Waals surface area contributed by atoms with Gasteiger partial charge in [-0.2, -0.15) is 18.5 Å². The van der Waals surface area contributed by atoms with Crippen molar-refractivity contribution in [2.45, 2.75) is 52.4 Å². The molecule has 0 saturated heterocycles. The predicted molar refractivity (Wildman–Crippen MR) is 137 cm³/mol. The number of hydrogen-bond donors (Lipinski definition) is 1. The van der Waals surface area contributed by atoms with Crippen molar-refractivity contribution in [1.29, 1.82) is 0 Å². The van der Waals surface area contributed by atoms with Crippen LogP contribution in [-0.2, 0) is 25.7 Å². The summed E-state index contributed by atoms with van der Waals surface area (Å²) < 4.78 is 22.2. The number of hydrogen-bond acceptors (Lipinski definition) is 8. The lowest BCUT2D eigenvalue weighted by molar-refractivity contribution is 0.285. The normalized spacial score (nSPS) is 14.6. The summed E-state index contributed by atoms with van der Waals surface area (Å²) in [6, 6.07) is 2.53. The van der Waals surface area contributed by atoms with Gasteiger partial charge in [-0.3, -0.25) is 0 Å². The SMILES string of the molecule is CCN(CC)CCN(C)SOc1nc(Nc2c3c(cc4c2CCC4)CCC3)nn1SF.S. The van der Waals surface area contributed by atoms with E-state index >= 15 is 0 Å². The lowest BCUT2D eigenvalue weighted by atomic mass is 9.99. The number of nitrogens with zero attached hydrogens (tertiary/aromatic N) is 5. The molecule has 2 aromatic rings. The van der Waals surface area contributed by atoms with Crippen LogP contribution in [0.25, 0.3) is 0 Å². The van der Waals surface area contributed by atoms with E-state index in [0.29, 0.717) is 5.95 Å². The van der Waals surface area contributed by atoms with E-state index in [0.717, 1.165) is 73.9 Å². The second kappa shape index (κ2) is 11.8. The molecule has 2 aliphatic carbocycles. The molecule has 0 aliphatic heterocycles. The number of aryl methyl sites for hydroxylation is 2. The predicted octanol–water partition coefficient (Wildman–Crippen LogP) is 4.71. The van der Waals surface area contributed by atoms with Gasteiger partial charge in [0.25, 0.3) is 5.95 Å². The summed E-state index contributed by atoms with van der Waals surface area (Å²) in [6.07, 6.45) is 6.76. The number of halogens is 1. The van der Waals surface area contributed by atoms with E-state index in [9.17, 15) is 3.89 Å². The van der Waals surface area contributed by atoms with E-state index < -0.39 is 0 Å². The number of nitrogens with one attached hydrogen (secondary N) is 1. The van der Waals surface area contributed by atoms with Crippen molar-refractivity contribution in [1.82, 2.24) is 23.4 Å². The van der Waals surface area contributed by atoms with Gasteiger partial charge in [0.1, 0.15) is 0 Å². The molecule has 0 unspecified atom stereocenters. The molecule has 7 nitrogen and oxygen atoms in total. The molecule has 1 aromatic carbocycles. The van der Waals surface area contributed by atoms with E-state index in [4.69, 9.17) is 4.18 Å². The summed E-state index contributed by atoms with van der Waals surface area (Å²) in [5, 5.41) is 7.68. The Bertz CT molecular complexity index is 876. The fraction of sp³-hybridized carbons (Fsp3) is 0.619. The summed E-state index contributed by atoms with van der Waals surface area (Å²) in [4.78, 5) is 6.77. The molecule has 0 amide bonds. The largest absolute Gasteiger partial charge is 0.372 e. The van der Waals surface area contributed by atoms with Crippen molar-refractivity contribution >= 4 is 49.7 Å². The molecule has 0 radical (unpaired) electrons. The molecule has 32 heavy (non-hydrogen) atoms. The Morgan fingerprint density at radius 3 is 2.34 bits per heavy atom. The third-order valence-corrected chi connectivity index (χ3v) is 7.22. The van der Waals surface area contributed by atoms with Crippen LogP contribution in [0.15, 0.2) is 6.07 Å². The number of aromatic nitrogens is 3. The lowest BCUT2D eigenvalue weighted by Crippen LogP contribution is -2.30. The van der Waals surface area contributed by atoms with Crippen LogP contribution in [0.1, 0.15) is 48.9 Å². The smallest absolute Gasteiger partial charge is 0.343 e. The van der Waals surface area contributed by atoms with Crippen molar-refractivity contribution in [3.8, 4) is 6.01 Å². The zero-order valence-corrected chi connectivity index (χ0v) is 21.6. The molecule has 1 heterocycles. The molecular formula is C21H33FN6OS3. The number of fused-ring (bicyclic) bond motifs is 2. The van der Waals surface area contributed by atoms with Crippen molar-refractivity contribution in [3.63, 3.8) is 0 Å². The molecule has 0 spiro atoms. The molecule has 1 aromatic heterocycles. The van der Waals surface area contributed by atoms with Gasteiger partial charge >= 0.3 is 6.01 Å². The highest BCUT2D eigenvalue weighted by Gasteiger charge is 2.25. The number of likely N-dealkylation sites (N-methyl/N-ethyl adjacent to an activating group) is 2.